The van der Waals surface area contributed by atoms with E-state index in [9.17, 15) is 19.7 Å². The highest BCUT2D eigenvalue weighted by atomic mass is 16.6. The summed E-state index contributed by atoms with van der Waals surface area (Å²) in [5.41, 5.74) is 3.71. The predicted octanol–water partition coefficient (Wildman–Crippen LogP) is 3.56. The van der Waals surface area contributed by atoms with Crippen molar-refractivity contribution < 1.29 is 14.5 Å². The van der Waals surface area contributed by atoms with Crippen LogP contribution in [0, 0.1) is 24.0 Å². The van der Waals surface area contributed by atoms with Crippen LogP contribution in [-0.2, 0) is 11.2 Å². The van der Waals surface area contributed by atoms with Crippen molar-refractivity contribution in [1.82, 2.24) is 10.2 Å². The highest BCUT2D eigenvalue weighted by molar-refractivity contribution is 5.95. The summed E-state index contributed by atoms with van der Waals surface area (Å²) in [5, 5.41) is 13.9. The molecule has 7 heteroatoms. The van der Waals surface area contributed by atoms with Crippen molar-refractivity contribution in [3.8, 4) is 0 Å². The molecule has 158 valence electrons. The maximum Gasteiger partial charge on any atom is 0.269 e. The fraction of sp³-hybridized carbons (Fsp3) is 0.391. The summed E-state index contributed by atoms with van der Waals surface area (Å²) in [5.74, 6) is -0.0989. The Morgan fingerprint density at radius 3 is 2.33 bits per heavy atom. The normalized spacial score (nSPS) is 18.7. The minimum atomic E-state index is -0.424. The van der Waals surface area contributed by atoms with Gasteiger partial charge in [0.1, 0.15) is 0 Å². The second kappa shape index (κ2) is 9.07. The largest absolute Gasteiger partial charge is 0.353 e. The number of nitrogens with zero attached hydrogens (tertiary/aromatic N) is 2. The third kappa shape index (κ3) is 5.23. The van der Waals surface area contributed by atoms with Gasteiger partial charge in [-0.2, -0.15) is 0 Å². The smallest absolute Gasteiger partial charge is 0.269 e. The van der Waals surface area contributed by atoms with Crippen molar-refractivity contribution >= 4 is 17.5 Å². The van der Waals surface area contributed by atoms with E-state index in [1.165, 1.54) is 19.1 Å². The number of nitro groups is 1. The first kappa shape index (κ1) is 21.5. The summed E-state index contributed by atoms with van der Waals surface area (Å²) in [4.78, 5) is 37.2. The molecule has 2 atom stereocenters. The number of rotatable bonds is 5. The van der Waals surface area contributed by atoms with Crippen molar-refractivity contribution in [3.05, 3.63) is 74.8 Å². The number of likely N-dealkylation sites (tertiary alicyclic amines) is 1. The van der Waals surface area contributed by atoms with Gasteiger partial charge in [0.2, 0.25) is 5.91 Å². The molecule has 1 aliphatic rings. The molecule has 1 N–H and O–H groups in total. The number of nitro benzene ring substituents is 1. The van der Waals surface area contributed by atoms with Gasteiger partial charge in [0, 0.05) is 43.2 Å². The maximum absolute atomic E-state index is 13.3. The summed E-state index contributed by atoms with van der Waals surface area (Å²) < 4.78 is 0. The first-order valence-electron chi connectivity index (χ1n) is 10.1. The fourth-order valence-corrected chi connectivity index (χ4v) is 4.22. The SMILES string of the molecule is CC(=O)N[C@H]1CCN(C(=O)c2cc(C)cc(C)c2)[C@H](Cc2ccc([N+](=O)[O-])cc2)C1. The van der Waals surface area contributed by atoms with Crippen LogP contribution in [0.2, 0.25) is 0 Å². The molecule has 3 rings (SSSR count). The zero-order valence-corrected chi connectivity index (χ0v) is 17.6. The number of benzene rings is 2. The molecule has 0 unspecified atom stereocenters. The van der Waals surface area contributed by atoms with Crippen LogP contribution in [0.5, 0.6) is 0 Å². The van der Waals surface area contributed by atoms with E-state index in [0.717, 1.165) is 16.7 Å². The van der Waals surface area contributed by atoms with E-state index in [2.05, 4.69) is 5.32 Å². The van der Waals surface area contributed by atoms with Gasteiger partial charge in [-0.1, -0.05) is 29.3 Å². The lowest BCUT2D eigenvalue weighted by molar-refractivity contribution is -0.384. The molecule has 1 fully saturated rings. The summed E-state index contributed by atoms with van der Waals surface area (Å²) in [6, 6.07) is 12.2. The first-order chi connectivity index (χ1) is 14.2. The Morgan fingerprint density at radius 2 is 1.77 bits per heavy atom. The summed E-state index contributed by atoms with van der Waals surface area (Å²) >= 11 is 0. The predicted molar refractivity (Wildman–Crippen MR) is 114 cm³/mol. The first-order valence-corrected chi connectivity index (χ1v) is 10.1. The molecule has 0 radical (unpaired) electrons. The lowest BCUT2D eigenvalue weighted by atomic mass is 9.91. The maximum atomic E-state index is 13.3. The number of carbonyl (C=O) groups is 2. The van der Waals surface area contributed by atoms with Gasteiger partial charge in [0.25, 0.3) is 11.6 Å². The van der Waals surface area contributed by atoms with Crippen LogP contribution in [0.25, 0.3) is 0 Å². The average Bonchev–Trinajstić information content (AvgIpc) is 2.67. The molecule has 2 amide bonds. The van der Waals surface area contributed by atoms with Gasteiger partial charge in [-0.05, 0) is 50.8 Å². The van der Waals surface area contributed by atoms with E-state index in [-0.39, 0.29) is 29.6 Å². The molecule has 0 spiro atoms. The zero-order chi connectivity index (χ0) is 21.8. The molecule has 2 aromatic carbocycles. The summed E-state index contributed by atoms with van der Waals surface area (Å²) in [6.45, 7) is 6.00. The third-order valence-corrected chi connectivity index (χ3v) is 5.47. The van der Waals surface area contributed by atoms with Gasteiger partial charge in [-0.25, -0.2) is 0 Å². The molecule has 1 saturated heterocycles. The van der Waals surface area contributed by atoms with Crippen LogP contribution in [0.3, 0.4) is 0 Å². The number of piperidine rings is 1. The van der Waals surface area contributed by atoms with E-state index in [1.54, 1.807) is 12.1 Å². The Hall–Kier alpha value is -3.22. The molecular weight excluding hydrogens is 382 g/mol. The molecule has 7 nitrogen and oxygen atoms in total. The standard InChI is InChI=1S/C23H27N3O4/c1-15-10-16(2)12-19(11-15)23(28)25-9-8-20(24-17(3)27)14-22(25)13-18-4-6-21(7-5-18)26(29)30/h4-7,10-12,20,22H,8-9,13-14H2,1-3H3,(H,24,27)/t20-,22+/m0/s1. The molecule has 1 heterocycles. The highest BCUT2D eigenvalue weighted by Gasteiger charge is 2.32. The Morgan fingerprint density at radius 1 is 1.13 bits per heavy atom. The third-order valence-electron chi connectivity index (χ3n) is 5.47. The minimum Gasteiger partial charge on any atom is -0.353 e. The Balaban J connectivity index is 1.84. The molecule has 2 aromatic rings. The monoisotopic (exact) mass is 409 g/mol. The lowest BCUT2D eigenvalue weighted by Gasteiger charge is -2.40. The lowest BCUT2D eigenvalue weighted by Crippen LogP contribution is -2.52. The van der Waals surface area contributed by atoms with Crippen LogP contribution in [0.4, 0.5) is 5.69 Å². The van der Waals surface area contributed by atoms with Crippen molar-refractivity contribution in [2.75, 3.05) is 6.54 Å². The van der Waals surface area contributed by atoms with Crippen LogP contribution in [0.15, 0.2) is 42.5 Å². The Bertz CT molecular complexity index is 935. The molecule has 0 saturated carbocycles. The highest BCUT2D eigenvalue weighted by Crippen LogP contribution is 2.25. The van der Waals surface area contributed by atoms with Gasteiger partial charge in [-0.3, -0.25) is 19.7 Å². The van der Waals surface area contributed by atoms with E-state index in [1.807, 2.05) is 36.9 Å². The van der Waals surface area contributed by atoms with Crippen LogP contribution < -0.4 is 5.32 Å². The number of aryl methyl sites for hydroxylation is 2. The van der Waals surface area contributed by atoms with E-state index >= 15 is 0 Å². The van der Waals surface area contributed by atoms with Gasteiger partial charge < -0.3 is 10.2 Å². The van der Waals surface area contributed by atoms with E-state index in [4.69, 9.17) is 0 Å². The summed E-state index contributed by atoms with van der Waals surface area (Å²) in [7, 11) is 0. The zero-order valence-electron chi connectivity index (χ0n) is 17.6. The summed E-state index contributed by atoms with van der Waals surface area (Å²) in [6.07, 6.45) is 1.92. The van der Waals surface area contributed by atoms with Crippen molar-refractivity contribution in [1.29, 1.82) is 0 Å². The van der Waals surface area contributed by atoms with Gasteiger partial charge >= 0.3 is 0 Å². The number of hydrogen-bond donors (Lipinski definition) is 1. The van der Waals surface area contributed by atoms with Crippen LogP contribution in [-0.4, -0.2) is 40.3 Å². The number of non-ortho nitro benzene ring substituents is 1. The fourth-order valence-electron chi connectivity index (χ4n) is 4.22. The van der Waals surface area contributed by atoms with Gasteiger partial charge in [-0.15, -0.1) is 0 Å². The molecule has 0 aromatic heterocycles. The molecule has 0 aliphatic carbocycles. The number of amides is 2. The minimum absolute atomic E-state index is 0.00819. The van der Waals surface area contributed by atoms with Gasteiger partial charge in [0.05, 0.1) is 4.92 Å². The molecule has 0 bridgehead atoms. The van der Waals surface area contributed by atoms with Gasteiger partial charge in [0.15, 0.2) is 0 Å². The number of nitrogens with one attached hydrogen (secondary N) is 1. The second-order valence-electron chi connectivity index (χ2n) is 8.08. The van der Waals surface area contributed by atoms with E-state index < -0.39 is 4.92 Å². The Kier molecular flexibility index (Phi) is 6.50. The molecular formula is C23H27N3O4. The van der Waals surface area contributed by atoms with Crippen LogP contribution in [0.1, 0.15) is 46.8 Å². The van der Waals surface area contributed by atoms with Crippen molar-refractivity contribution in [2.24, 2.45) is 0 Å². The molecule has 1 aliphatic heterocycles. The quantitative estimate of drug-likeness (QED) is 0.604. The van der Waals surface area contributed by atoms with Crippen LogP contribution >= 0.6 is 0 Å². The van der Waals surface area contributed by atoms with E-state index in [0.29, 0.717) is 31.4 Å². The van der Waals surface area contributed by atoms with Crippen molar-refractivity contribution in [3.63, 3.8) is 0 Å². The number of hydrogen-bond acceptors (Lipinski definition) is 4. The molecule has 30 heavy (non-hydrogen) atoms. The average molecular weight is 409 g/mol. The topological polar surface area (TPSA) is 92.6 Å². The van der Waals surface area contributed by atoms with Crippen molar-refractivity contribution in [2.45, 2.75) is 52.1 Å². The number of carbonyl (C=O) groups excluding carboxylic acids is 2. The Labute approximate surface area is 176 Å². The second-order valence-corrected chi connectivity index (χ2v) is 8.08.